The lowest BCUT2D eigenvalue weighted by molar-refractivity contribution is -0.663. The molecule has 0 radical (unpaired) electrons. The van der Waals surface area contributed by atoms with Gasteiger partial charge < -0.3 is 143 Å². The standard InChI is InChI=1S/C64H89N13O25/c1-27(30-7-5-4-6-8-30)41-57(94)70-33(19-29-11-15-32(16-12-29)98-61-53(91)50(88)54(38(25-80)100-61)102-62-52(90)49(87)47(85)39(101-62)26-97-18-17-28-9-13-31(14-10-28)76(2)3)56(93)74-42(44(82)34-20-68-63(65)72-34)59(96)75-43(58(95)71-35(23-78)55(92)67-22-40(81)73-41)45(83)36-21-69-64(66)77(36)60-51(89)48(86)46(84)37(24-79)99-60/h4-18,27,33-39,41-54,60-62,78-80,82-91H,19-26H2,1-3H3,(H11,65,66,67,68,69,70,71,72,73,74,75,81,92,93,94,95,96)/p+1/b18-17-/t27-,33-,34+,35?,36+,37+,38-,39+,41-,42+,43-,44-,45-,46+,47+,48+,49+,50+,51+,52+,53-,54-,60-,61+,62+/m1/s1. The fourth-order valence-corrected chi connectivity index (χ4v) is 12.4. The van der Waals surface area contributed by atoms with E-state index in [0.717, 1.165) is 15.8 Å². The van der Waals surface area contributed by atoms with Crippen LogP contribution in [0.4, 0.5) is 5.69 Å². The number of hydrogen-bond donors (Lipinski definition) is 23. The number of nitrogens with two attached hydrogens (primary N) is 2. The lowest BCUT2D eigenvalue weighted by Crippen LogP contribution is -2.68. The first-order chi connectivity index (χ1) is 48.6. The fourth-order valence-electron chi connectivity index (χ4n) is 12.4. The van der Waals surface area contributed by atoms with Gasteiger partial charge in [-0.25, -0.2) is 9.57 Å². The van der Waals surface area contributed by atoms with Crippen LogP contribution in [0.25, 0.3) is 6.08 Å². The lowest BCUT2D eigenvalue weighted by atomic mass is 9.92. The highest BCUT2D eigenvalue weighted by atomic mass is 16.7. The van der Waals surface area contributed by atoms with Crippen LogP contribution < -0.4 is 63.6 Å². The third kappa shape index (κ3) is 18.1. The van der Waals surface area contributed by atoms with Crippen LogP contribution in [0.15, 0.2) is 90.1 Å². The Morgan fingerprint density at radius 3 is 1.86 bits per heavy atom. The Morgan fingerprint density at radius 1 is 0.608 bits per heavy atom. The SMILES string of the molecule is C[C@H](c1ccccc1)[C@H]1NC(=O)CNC(=O)C(CO)NC(=O)[C@@H]([C@H](O)[C@@H]2CNC(N)=[N+]2[C@@H]2O[C@@H](CO)[C@H](O)[C@H](O)[C@@H]2O)NC(=O)[C@H]([C@H](O)[C@@H]2CNC(N)=N2)NC(=O)[C@@H](Cc2ccc(O[C@H]3O[C@H](CO)[C@@H](O[C@@H]4O[C@@H](CO/C=C\c5ccc(N(C)C)cc5)[C@H](O)[C@H](O)[C@@H]4O)[C@@H](O)[C@H]3O)cc2)NC1=O. The molecule has 0 aliphatic carbocycles. The van der Waals surface area contributed by atoms with Crippen LogP contribution in [0.2, 0.25) is 0 Å². The van der Waals surface area contributed by atoms with Crippen LogP contribution >= 0.6 is 0 Å². The number of guanidine groups is 2. The van der Waals surface area contributed by atoms with Gasteiger partial charge in [-0.15, -0.1) is 0 Å². The molecule has 6 amide bonds. The highest BCUT2D eigenvalue weighted by molar-refractivity contribution is 5.98. The molecule has 3 aromatic carbocycles. The van der Waals surface area contributed by atoms with E-state index >= 15 is 9.59 Å². The van der Waals surface area contributed by atoms with Crippen molar-refractivity contribution in [2.24, 2.45) is 16.5 Å². The van der Waals surface area contributed by atoms with Gasteiger partial charge in [-0.2, -0.15) is 0 Å². The number of anilines is 1. The Morgan fingerprint density at radius 2 is 1.22 bits per heavy atom. The summed E-state index contributed by atoms with van der Waals surface area (Å²) < 4.78 is 35.7. The maximum atomic E-state index is 15.2. The van der Waals surface area contributed by atoms with Crippen molar-refractivity contribution < 1.29 is 128 Å². The van der Waals surface area contributed by atoms with Crippen LogP contribution in [0, 0.1) is 0 Å². The number of rotatable bonds is 21. The second-order valence-corrected chi connectivity index (χ2v) is 25.6. The molecule has 4 saturated heterocycles. The zero-order valence-electron chi connectivity index (χ0n) is 55.5. The van der Waals surface area contributed by atoms with Crippen molar-refractivity contribution in [1.29, 1.82) is 0 Å². The van der Waals surface area contributed by atoms with Crippen LogP contribution in [0.5, 0.6) is 5.75 Å². The summed E-state index contributed by atoms with van der Waals surface area (Å²) in [6, 6.07) is 8.36. The van der Waals surface area contributed by atoms with E-state index in [1.54, 1.807) is 43.3 Å². The number of hydrogen-bond acceptors (Lipinski definition) is 31. The molecule has 6 aliphatic rings. The van der Waals surface area contributed by atoms with Crippen LogP contribution in [0.3, 0.4) is 0 Å². The number of ether oxygens (including phenoxy) is 6. The Balaban J connectivity index is 0.971. The molecule has 6 aliphatic heterocycles. The van der Waals surface area contributed by atoms with Crippen molar-refractivity contribution in [2.45, 2.75) is 166 Å². The second kappa shape index (κ2) is 34.6. The smallest absolute Gasteiger partial charge is 0.346 e. The molecular formula is C64H90N13O25+. The minimum Gasteiger partial charge on any atom is -0.498 e. The first-order valence-electron chi connectivity index (χ1n) is 32.7. The maximum absolute atomic E-state index is 15.2. The number of aliphatic imine (C=N–C) groups is 1. The first-order valence-corrected chi connectivity index (χ1v) is 32.7. The first kappa shape index (κ1) is 77.6. The summed E-state index contributed by atoms with van der Waals surface area (Å²) in [5, 5.41) is 163. The van der Waals surface area contributed by atoms with Crippen LogP contribution in [-0.2, 0) is 58.9 Å². The summed E-state index contributed by atoms with van der Waals surface area (Å²) >= 11 is 0. The molecule has 9 rings (SSSR count). The average molecular weight is 1440 g/mol. The number of benzene rings is 3. The summed E-state index contributed by atoms with van der Waals surface area (Å²) in [7, 11) is 3.79. The summed E-state index contributed by atoms with van der Waals surface area (Å²) in [5.41, 5.74) is 14.7. The second-order valence-electron chi connectivity index (χ2n) is 25.6. The van der Waals surface area contributed by atoms with Crippen LogP contribution in [0.1, 0.15) is 29.5 Å². The molecule has 38 heteroatoms. The van der Waals surface area contributed by atoms with Gasteiger partial charge in [-0.05, 0) is 47.0 Å². The molecular weight excluding hydrogens is 1350 g/mol. The van der Waals surface area contributed by atoms with Gasteiger partial charge in [0.1, 0.15) is 141 Å². The predicted molar refractivity (Wildman–Crippen MR) is 351 cm³/mol. The van der Waals surface area contributed by atoms with E-state index in [2.05, 4.69) is 47.5 Å². The summed E-state index contributed by atoms with van der Waals surface area (Å²) in [4.78, 5) is 93.6. The number of aliphatic hydroxyl groups excluding tert-OH is 13. The molecule has 102 heavy (non-hydrogen) atoms. The molecule has 3 aromatic rings. The zero-order chi connectivity index (χ0) is 74.0. The Labute approximate surface area is 582 Å². The number of nitrogens with one attached hydrogen (secondary N) is 8. The van der Waals surface area contributed by atoms with Crippen molar-refractivity contribution in [3.8, 4) is 5.75 Å². The molecule has 6 heterocycles. The largest absolute Gasteiger partial charge is 0.498 e. The zero-order valence-corrected chi connectivity index (χ0v) is 55.5. The predicted octanol–water partition coefficient (Wildman–Crippen LogP) is -11.5. The van der Waals surface area contributed by atoms with Gasteiger partial charge >= 0.3 is 5.96 Å². The average Bonchev–Trinajstić information content (AvgIpc) is 1.44. The van der Waals surface area contributed by atoms with E-state index in [9.17, 15) is 85.6 Å². The molecule has 0 spiro atoms. The normalized spacial score (nSPS) is 34.8. The summed E-state index contributed by atoms with van der Waals surface area (Å²) in [6.07, 6.45) is -28.4. The molecule has 25 N–H and O–H groups in total. The molecule has 25 atom stereocenters. The van der Waals surface area contributed by atoms with Gasteiger partial charge in [-0.3, -0.25) is 39.8 Å². The molecule has 0 aromatic heterocycles. The van der Waals surface area contributed by atoms with Gasteiger partial charge in [0.05, 0.1) is 38.7 Å². The Hall–Kier alpha value is -8.52. The minimum atomic E-state index is -2.33. The van der Waals surface area contributed by atoms with Gasteiger partial charge in [0.25, 0.3) is 0 Å². The van der Waals surface area contributed by atoms with Crippen molar-refractivity contribution >= 4 is 59.1 Å². The third-order valence-electron chi connectivity index (χ3n) is 18.4. The summed E-state index contributed by atoms with van der Waals surface area (Å²) in [5.74, 6) is -8.84. The fraction of sp³-hybridized carbons (Fsp3) is 0.562. The molecule has 560 valence electrons. The van der Waals surface area contributed by atoms with Crippen molar-refractivity contribution in [3.05, 3.63) is 102 Å². The van der Waals surface area contributed by atoms with Gasteiger partial charge in [0.2, 0.25) is 48.0 Å². The highest BCUT2D eigenvalue weighted by Crippen LogP contribution is 2.32. The number of carbonyl (C=O) groups excluding carboxylic acids is 6. The van der Waals surface area contributed by atoms with E-state index in [1.165, 1.54) is 30.5 Å². The van der Waals surface area contributed by atoms with Crippen molar-refractivity contribution in [1.82, 2.24) is 42.5 Å². The lowest BCUT2D eigenvalue weighted by Gasteiger charge is -2.45. The van der Waals surface area contributed by atoms with Crippen LogP contribution in [-0.4, -0.2) is 325 Å². The van der Waals surface area contributed by atoms with Gasteiger partial charge in [-0.1, -0.05) is 61.5 Å². The Bertz CT molecular complexity index is 3450. The van der Waals surface area contributed by atoms with Gasteiger partial charge in [0, 0.05) is 38.7 Å². The van der Waals surface area contributed by atoms with E-state index in [4.69, 9.17) is 39.9 Å². The van der Waals surface area contributed by atoms with Crippen molar-refractivity contribution in [2.75, 3.05) is 65.1 Å². The molecule has 4 fully saturated rings. The number of aliphatic hydroxyl groups is 13. The maximum Gasteiger partial charge on any atom is 0.346 e. The van der Waals surface area contributed by atoms with E-state index in [-0.39, 0.29) is 36.4 Å². The number of nitrogens with zero attached hydrogens (tertiary/aromatic N) is 3. The van der Waals surface area contributed by atoms with E-state index in [0.29, 0.717) is 5.56 Å². The molecule has 0 saturated carbocycles. The summed E-state index contributed by atoms with van der Waals surface area (Å²) in [6.45, 7) is -3.29. The van der Waals surface area contributed by atoms with E-state index in [1.807, 2.05) is 43.3 Å². The van der Waals surface area contributed by atoms with E-state index < -0.39 is 227 Å². The quantitative estimate of drug-likeness (QED) is 0.0348. The topological polar surface area (TPSA) is 588 Å². The number of carbonyl (C=O) groups is 6. The monoisotopic (exact) mass is 1440 g/mol. The third-order valence-corrected chi connectivity index (χ3v) is 18.4. The van der Waals surface area contributed by atoms with Gasteiger partial charge in [0.15, 0.2) is 12.2 Å². The molecule has 38 nitrogen and oxygen atoms in total. The number of amides is 6. The van der Waals surface area contributed by atoms with Crippen molar-refractivity contribution in [3.63, 3.8) is 0 Å². The highest BCUT2D eigenvalue weighted by Gasteiger charge is 2.55. The minimum absolute atomic E-state index is 0.0670. The molecule has 1 unspecified atom stereocenters. The Kier molecular flexibility index (Phi) is 26.4. The molecule has 0 bridgehead atoms.